The normalized spacial score (nSPS) is 12.9. The van der Waals surface area contributed by atoms with E-state index in [4.69, 9.17) is 9.47 Å². The number of rotatable bonds is 8. The average molecular weight is 361 g/mol. The summed E-state index contributed by atoms with van der Waals surface area (Å²) in [5.41, 5.74) is 0.725. The van der Waals surface area contributed by atoms with E-state index in [2.05, 4.69) is 20.7 Å². The molecule has 1 amide bonds. The largest absolute Gasteiger partial charge is 0.497 e. The zero-order valence-electron chi connectivity index (χ0n) is 15.3. The molecule has 1 aromatic heterocycles. The van der Waals surface area contributed by atoms with E-state index in [0.717, 1.165) is 12.0 Å². The first-order chi connectivity index (χ1) is 12.5. The zero-order valence-corrected chi connectivity index (χ0v) is 15.3. The average Bonchev–Trinajstić information content (AvgIpc) is 3.13. The topological polar surface area (TPSA) is 108 Å². The van der Waals surface area contributed by atoms with Crippen molar-refractivity contribution in [1.82, 2.24) is 25.5 Å². The Morgan fingerprint density at radius 3 is 2.73 bits per heavy atom. The minimum Gasteiger partial charge on any atom is -0.497 e. The van der Waals surface area contributed by atoms with Gasteiger partial charge in [0.05, 0.1) is 14.2 Å². The minimum absolute atomic E-state index is 0.0533. The molecule has 0 saturated heterocycles. The van der Waals surface area contributed by atoms with Gasteiger partial charge in [0.25, 0.3) is 0 Å². The van der Waals surface area contributed by atoms with Crippen LogP contribution in [0.15, 0.2) is 24.3 Å². The lowest BCUT2D eigenvalue weighted by atomic mass is 9.99. The number of aromatic nitrogens is 4. The highest BCUT2D eigenvalue weighted by atomic mass is 16.5. The number of ether oxygens (including phenoxy) is 2. The molecule has 9 nitrogen and oxygen atoms in total. The van der Waals surface area contributed by atoms with Crippen LogP contribution in [0.1, 0.15) is 20.3 Å². The molecule has 1 aromatic carbocycles. The van der Waals surface area contributed by atoms with Crippen LogP contribution in [0, 0.1) is 5.92 Å². The highest BCUT2D eigenvalue weighted by Crippen LogP contribution is 2.19. The lowest BCUT2D eigenvalue weighted by Gasteiger charge is -2.21. The summed E-state index contributed by atoms with van der Waals surface area (Å²) in [6.45, 7) is 3.66. The fraction of sp³-hybridized carbons (Fsp3) is 0.471. The predicted molar refractivity (Wildman–Crippen MR) is 93.2 cm³/mol. The van der Waals surface area contributed by atoms with Crippen molar-refractivity contribution in [3.63, 3.8) is 0 Å². The molecule has 140 valence electrons. The number of esters is 1. The predicted octanol–water partition coefficient (Wildman–Crippen LogP) is 1.05. The second kappa shape index (κ2) is 8.93. The van der Waals surface area contributed by atoms with Gasteiger partial charge in [-0.15, -0.1) is 10.2 Å². The van der Waals surface area contributed by atoms with Gasteiger partial charge in [0.2, 0.25) is 11.7 Å². The van der Waals surface area contributed by atoms with E-state index in [0.29, 0.717) is 11.6 Å². The maximum absolute atomic E-state index is 12.2. The first kappa shape index (κ1) is 19.4. The van der Waals surface area contributed by atoms with Gasteiger partial charge in [-0.25, -0.2) is 4.79 Å². The Bertz CT molecular complexity index is 761. The van der Waals surface area contributed by atoms with E-state index >= 15 is 0 Å². The second-order valence-corrected chi connectivity index (χ2v) is 5.83. The van der Waals surface area contributed by atoms with Crippen molar-refractivity contribution in [2.24, 2.45) is 5.92 Å². The maximum atomic E-state index is 12.2. The van der Waals surface area contributed by atoms with Crippen LogP contribution in [0.5, 0.6) is 5.75 Å². The Morgan fingerprint density at radius 1 is 1.31 bits per heavy atom. The lowest BCUT2D eigenvalue weighted by Crippen LogP contribution is -2.46. The molecule has 0 fully saturated rings. The molecule has 9 heteroatoms. The summed E-state index contributed by atoms with van der Waals surface area (Å²) in [5, 5.41) is 14.7. The Morgan fingerprint density at radius 2 is 2.08 bits per heavy atom. The molecule has 0 radical (unpaired) electrons. The van der Waals surface area contributed by atoms with Crippen molar-refractivity contribution in [2.75, 3.05) is 14.2 Å². The lowest BCUT2D eigenvalue weighted by molar-refractivity contribution is -0.146. The van der Waals surface area contributed by atoms with Crippen LogP contribution in [0.4, 0.5) is 0 Å². The van der Waals surface area contributed by atoms with Gasteiger partial charge in [0.1, 0.15) is 18.3 Å². The van der Waals surface area contributed by atoms with Crippen molar-refractivity contribution in [1.29, 1.82) is 0 Å². The Balaban J connectivity index is 2.05. The fourth-order valence-electron chi connectivity index (χ4n) is 2.33. The molecular weight excluding hydrogens is 338 g/mol. The molecule has 0 saturated carbocycles. The Kier molecular flexibility index (Phi) is 6.65. The van der Waals surface area contributed by atoms with Gasteiger partial charge < -0.3 is 14.8 Å². The Hall–Kier alpha value is -2.97. The third kappa shape index (κ3) is 4.78. The van der Waals surface area contributed by atoms with Crippen LogP contribution in [0.25, 0.3) is 11.4 Å². The summed E-state index contributed by atoms with van der Waals surface area (Å²) < 4.78 is 9.92. The molecular formula is C17H23N5O4. The van der Waals surface area contributed by atoms with Crippen molar-refractivity contribution in [3.05, 3.63) is 24.3 Å². The molecule has 0 aliphatic rings. The highest BCUT2D eigenvalue weighted by molar-refractivity contribution is 5.84. The number of carbonyl (C=O) groups is 2. The Labute approximate surface area is 151 Å². The molecule has 1 N–H and O–H groups in total. The minimum atomic E-state index is -0.709. The van der Waals surface area contributed by atoms with Crippen LogP contribution in [0.2, 0.25) is 0 Å². The number of benzene rings is 1. The molecule has 2 aromatic rings. The van der Waals surface area contributed by atoms with Crippen molar-refractivity contribution in [3.8, 4) is 17.1 Å². The SMILES string of the molecule is CC[C@H](C)[C@H](NC(=O)Cn1nnc(-c2cccc(OC)c2)n1)C(=O)OC. The molecule has 0 aliphatic heterocycles. The monoisotopic (exact) mass is 361 g/mol. The van der Waals surface area contributed by atoms with E-state index in [1.807, 2.05) is 32.0 Å². The van der Waals surface area contributed by atoms with Gasteiger partial charge in [-0.3, -0.25) is 4.79 Å². The molecule has 0 spiro atoms. The number of amides is 1. The molecule has 1 heterocycles. The maximum Gasteiger partial charge on any atom is 0.328 e. The van der Waals surface area contributed by atoms with Crippen molar-refractivity contribution < 1.29 is 19.1 Å². The quantitative estimate of drug-likeness (QED) is 0.700. The molecule has 26 heavy (non-hydrogen) atoms. The van der Waals surface area contributed by atoms with E-state index in [9.17, 15) is 9.59 Å². The zero-order chi connectivity index (χ0) is 19.1. The van der Waals surface area contributed by atoms with Gasteiger partial charge in [-0.05, 0) is 23.3 Å². The molecule has 2 atom stereocenters. The van der Waals surface area contributed by atoms with Gasteiger partial charge in [0, 0.05) is 5.56 Å². The highest BCUT2D eigenvalue weighted by Gasteiger charge is 2.26. The second-order valence-electron chi connectivity index (χ2n) is 5.83. The number of carbonyl (C=O) groups excluding carboxylic acids is 2. The van der Waals surface area contributed by atoms with E-state index in [1.165, 1.54) is 11.9 Å². The third-order valence-corrected chi connectivity index (χ3v) is 4.05. The first-order valence-corrected chi connectivity index (χ1v) is 8.27. The van der Waals surface area contributed by atoms with Crippen molar-refractivity contribution in [2.45, 2.75) is 32.9 Å². The van der Waals surface area contributed by atoms with Gasteiger partial charge in [0.15, 0.2) is 0 Å². The van der Waals surface area contributed by atoms with Gasteiger partial charge in [-0.1, -0.05) is 32.4 Å². The van der Waals surface area contributed by atoms with Crippen molar-refractivity contribution >= 4 is 11.9 Å². The fourth-order valence-corrected chi connectivity index (χ4v) is 2.33. The number of hydrogen-bond acceptors (Lipinski definition) is 7. The van der Waals surface area contributed by atoms with Crippen LogP contribution in [-0.2, 0) is 20.9 Å². The summed E-state index contributed by atoms with van der Waals surface area (Å²) in [7, 11) is 2.87. The van der Waals surface area contributed by atoms with E-state index in [1.54, 1.807) is 13.2 Å². The summed E-state index contributed by atoms with van der Waals surface area (Å²) >= 11 is 0. The summed E-state index contributed by atoms with van der Waals surface area (Å²) in [6.07, 6.45) is 0.724. The third-order valence-electron chi connectivity index (χ3n) is 4.05. The molecule has 0 bridgehead atoms. The van der Waals surface area contributed by atoms with Crippen LogP contribution < -0.4 is 10.1 Å². The summed E-state index contributed by atoms with van der Waals surface area (Å²) in [6, 6.07) is 6.51. The molecule has 0 aliphatic carbocycles. The number of nitrogens with zero attached hydrogens (tertiary/aromatic N) is 4. The van der Waals surface area contributed by atoms with Gasteiger partial charge in [-0.2, -0.15) is 4.80 Å². The number of nitrogens with one attached hydrogen (secondary N) is 1. The number of hydrogen-bond donors (Lipinski definition) is 1. The van der Waals surface area contributed by atoms with Crippen LogP contribution in [-0.4, -0.2) is 52.3 Å². The molecule has 2 rings (SSSR count). The smallest absolute Gasteiger partial charge is 0.328 e. The van der Waals surface area contributed by atoms with Crippen LogP contribution >= 0.6 is 0 Å². The first-order valence-electron chi connectivity index (χ1n) is 8.27. The number of tetrazole rings is 1. The van der Waals surface area contributed by atoms with Crippen LogP contribution in [0.3, 0.4) is 0 Å². The standard InChI is InChI=1S/C17H23N5O4/c1-5-11(2)15(17(24)26-4)18-14(23)10-22-20-16(19-21-22)12-7-6-8-13(9-12)25-3/h6-9,11,15H,5,10H2,1-4H3,(H,18,23)/t11-,15-/m0/s1. The number of methoxy groups -OCH3 is 2. The van der Waals surface area contributed by atoms with E-state index in [-0.39, 0.29) is 12.5 Å². The van der Waals surface area contributed by atoms with Gasteiger partial charge >= 0.3 is 5.97 Å². The summed E-state index contributed by atoms with van der Waals surface area (Å²) in [5.74, 6) is 0.128. The summed E-state index contributed by atoms with van der Waals surface area (Å²) in [4.78, 5) is 25.3. The van der Waals surface area contributed by atoms with E-state index < -0.39 is 17.9 Å². The molecule has 0 unspecified atom stereocenters.